The van der Waals surface area contributed by atoms with Crippen LogP contribution in [0, 0.1) is 11.3 Å². The lowest BCUT2D eigenvalue weighted by Crippen LogP contribution is -2.29. The van der Waals surface area contributed by atoms with Gasteiger partial charge in [0.25, 0.3) is 0 Å². The Morgan fingerprint density at radius 1 is 1.42 bits per heavy atom. The van der Waals surface area contributed by atoms with Gasteiger partial charge in [-0.25, -0.2) is 4.98 Å². The number of amides is 1. The van der Waals surface area contributed by atoms with E-state index in [1.54, 1.807) is 30.5 Å². The van der Waals surface area contributed by atoms with Crippen LogP contribution in [0.15, 0.2) is 41.1 Å². The van der Waals surface area contributed by atoms with Gasteiger partial charge in [-0.1, -0.05) is 0 Å². The second-order valence-electron chi connectivity index (χ2n) is 3.75. The van der Waals surface area contributed by atoms with E-state index in [2.05, 4.69) is 15.6 Å². The molecular formula is C13H12N4O2. The molecule has 19 heavy (non-hydrogen) atoms. The predicted octanol–water partition coefficient (Wildman–Crippen LogP) is 1.27. The van der Waals surface area contributed by atoms with Crippen molar-refractivity contribution in [3.05, 3.63) is 48.0 Å². The lowest BCUT2D eigenvalue weighted by molar-refractivity contribution is -0.119. The minimum atomic E-state index is -0.164. The summed E-state index contributed by atoms with van der Waals surface area (Å²) in [4.78, 5) is 15.5. The molecule has 6 nitrogen and oxygen atoms in total. The first-order valence-corrected chi connectivity index (χ1v) is 5.67. The van der Waals surface area contributed by atoms with E-state index in [1.807, 2.05) is 6.07 Å². The van der Waals surface area contributed by atoms with Gasteiger partial charge in [-0.15, -0.1) is 0 Å². The van der Waals surface area contributed by atoms with Gasteiger partial charge in [0.15, 0.2) is 0 Å². The van der Waals surface area contributed by atoms with E-state index in [0.717, 1.165) is 0 Å². The zero-order valence-electron chi connectivity index (χ0n) is 10.1. The van der Waals surface area contributed by atoms with Crippen LogP contribution in [0.5, 0.6) is 0 Å². The Labute approximate surface area is 110 Å². The highest BCUT2D eigenvalue weighted by Gasteiger charge is 2.03. The summed E-state index contributed by atoms with van der Waals surface area (Å²) in [7, 11) is 0. The number of hydrogen-bond donors (Lipinski definition) is 2. The number of carbonyl (C=O) groups is 1. The average Bonchev–Trinajstić information content (AvgIpc) is 2.96. The van der Waals surface area contributed by atoms with Crippen molar-refractivity contribution in [1.29, 1.82) is 5.26 Å². The first-order chi connectivity index (χ1) is 9.28. The lowest BCUT2D eigenvalue weighted by atomic mass is 10.3. The van der Waals surface area contributed by atoms with Crippen molar-refractivity contribution in [2.45, 2.75) is 6.54 Å². The van der Waals surface area contributed by atoms with Crippen molar-refractivity contribution >= 4 is 11.7 Å². The third-order valence-electron chi connectivity index (χ3n) is 2.36. The normalized spacial score (nSPS) is 9.63. The van der Waals surface area contributed by atoms with Gasteiger partial charge in [0.1, 0.15) is 17.6 Å². The smallest absolute Gasteiger partial charge is 0.239 e. The summed E-state index contributed by atoms with van der Waals surface area (Å²) in [5.41, 5.74) is 0.479. The molecule has 2 aromatic rings. The summed E-state index contributed by atoms with van der Waals surface area (Å²) in [5, 5.41) is 14.2. The Balaban J connectivity index is 1.75. The summed E-state index contributed by atoms with van der Waals surface area (Å²) in [6.45, 7) is 0.466. The topological polar surface area (TPSA) is 91.0 Å². The van der Waals surface area contributed by atoms with Crippen LogP contribution in [0.4, 0.5) is 5.82 Å². The molecule has 6 heteroatoms. The minimum absolute atomic E-state index is 0.111. The average molecular weight is 256 g/mol. The maximum absolute atomic E-state index is 11.5. The zero-order valence-corrected chi connectivity index (χ0v) is 10.1. The van der Waals surface area contributed by atoms with Gasteiger partial charge in [0, 0.05) is 6.20 Å². The van der Waals surface area contributed by atoms with Gasteiger partial charge in [-0.2, -0.15) is 5.26 Å². The van der Waals surface area contributed by atoms with Crippen LogP contribution >= 0.6 is 0 Å². The van der Waals surface area contributed by atoms with E-state index in [1.165, 1.54) is 6.20 Å². The highest BCUT2D eigenvalue weighted by atomic mass is 16.3. The van der Waals surface area contributed by atoms with Crippen molar-refractivity contribution < 1.29 is 9.21 Å². The molecule has 0 bridgehead atoms. The molecule has 0 radical (unpaired) electrons. The fraction of sp³-hybridized carbons (Fsp3) is 0.154. The second kappa shape index (κ2) is 6.21. The van der Waals surface area contributed by atoms with Crippen LogP contribution in [0.1, 0.15) is 11.3 Å². The Bertz CT molecular complexity index is 570. The van der Waals surface area contributed by atoms with Gasteiger partial charge in [-0.3, -0.25) is 4.79 Å². The highest BCUT2D eigenvalue weighted by molar-refractivity contribution is 5.80. The number of nitrogens with one attached hydrogen (secondary N) is 2. The monoisotopic (exact) mass is 256 g/mol. The number of furan rings is 1. The number of pyridine rings is 1. The van der Waals surface area contributed by atoms with Crippen LogP contribution in [0.3, 0.4) is 0 Å². The lowest BCUT2D eigenvalue weighted by Gasteiger charge is -2.05. The van der Waals surface area contributed by atoms with Crippen molar-refractivity contribution in [1.82, 2.24) is 10.3 Å². The van der Waals surface area contributed by atoms with Crippen LogP contribution < -0.4 is 10.6 Å². The number of anilines is 1. The zero-order chi connectivity index (χ0) is 13.5. The Kier molecular flexibility index (Phi) is 4.13. The molecule has 0 saturated carbocycles. The van der Waals surface area contributed by atoms with E-state index >= 15 is 0 Å². The van der Waals surface area contributed by atoms with Gasteiger partial charge in [-0.05, 0) is 24.3 Å². The van der Waals surface area contributed by atoms with Crippen molar-refractivity contribution in [3.63, 3.8) is 0 Å². The van der Waals surface area contributed by atoms with Gasteiger partial charge in [0.05, 0.1) is 24.9 Å². The van der Waals surface area contributed by atoms with Crippen LogP contribution in [-0.2, 0) is 11.3 Å². The number of aromatic nitrogens is 1. The first-order valence-electron chi connectivity index (χ1n) is 5.67. The Hall–Kier alpha value is -2.81. The molecule has 2 heterocycles. The molecule has 0 aliphatic heterocycles. The van der Waals surface area contributed by atoms with E-state index in [4.69, 9.17) is 9.68 Å². The molecule has 0 aliphatic rings. The van der Waals surface area contributed by atoms with Crippen LogP contribution in [0.25, 0.3) is 0 Å². The quantitative estimate of drug-likeness (QED) is 0.840. The fourth-order valence-electron chi connectivity index (χ4n) is 1.40. The minimum Gasteiger partial charge on any atom is -0.467 e. The van der Waals surface area contributed by atoms with Crippen LogP contribution in [0.2, 0.25) is 0 Å². The second-order valence-corrected chi connectivity index (χ2v) is 3.75. The molecule has 0 spiro atoms. The molecule has 0 fully saturated rings. The van der Waals surface area contributed by atoms with Gasteiger partial charge in [0.2, 0.25) is 5.91 Å². The molecule has 2 aromatic heterocycles. The van der Waals surface area contributed by atoms with Crippen molar-refractivity contribution in [2.24, 2.45) is 0 Å². The number of nitriles is 1. The molecule has 0 aromatic carbocycles. The largest absolute Gasteiger partial charge is 0.467 e. The maximum Gasteiger partial charge on any atom is 0.239 e. The van der Waals surface area contributed by atoms with E-state index in [0.29, 0.717) is 23.7 Å². The van der Waals surface area contributed by atoms with E-state index < -0.39 is 0 Å². The molecular weight excluding hydrogens is 244 g/mol. The van der Waals surface area contributed by atoms with Gasteiger partial charge < -0.3 is 15.1 Å². The number of rotatable bonds is 5. The first kappa shape index (κ1) is 12.6. The molecule has 2 N–H and O–H groups in total. The van der Waals surface area contributed by atoms with Gasteiger partial charge >= 0.3 is 0 Å². The summed E-state index contributed by atoms with van der Waals surface area (Å²) in [5.74, 6) is 1.08. The third-order valence-corrected chi connectivity index (χ3v) is 2.36. The number of hydrogen-bond acceptors (Lipinski definition) is 5. The summed E-state index contributed by atoms with van der Waals surface area (Å²) in [6, 6.07) is 8.81. The Morgan fingerprint density at radius 3 is 2.95 bits per heavy atom. The number of carbonyl (C=O) groups excluding carboxylic acids is 1. The molecule has 0 aliphatic carbocycles. The van der Waals surface area contributed by atoms with E-state index in [9.17, 15) is 4.79 Å². The molecule has 0 unspecified atom stereocenters. The molecule has 0 saturated heterocycles. The fourth-order valence-corrected chi connectivity index (χ4v) is 1.40. The molecule has 2 rings (SSSR count). The molecule has 0 atom stereocenters. The van der Waals surface area contributed by atoms with Crippen molar-refractivity contribution in [2.75, 3.05) is 11.9 Å². The van der Waals surface area contributed by atoms with E-state index in [-0.39, 0.29) is 12.5 Å². The SMILES string of the molecule is N#Cc1ccc(NCC(=O)NCc2ccco2)nc1. The predicted molar refractivity (Wildman–Crippen MR) is 68.0 cm³/mol. The maximum atomic E-state index is 11.5. The Morgan fingerprint density at radius 2 is 2.32 bits per heavy atom. The standard InChI is InChI=1S/C13H12N4O2/c14-6-10-3-4-12(15-7-10)16-9-13(18)17-8-11-2-1-5-19-11/h1-5,7H,8-9H2,(H,15,16)(H,17,18). The molecule has 1 amide bonds. The summed E-state index contributed by atoms with van der Waals surface area (Å²) in [6.07, 6.45) is 3.00. The third kappa shape index (κ3) is 3.85. The van der Waals surface area contributed by atoms with Crippen molar-refractivity contribution in [3.8, 4) is 6.07 Å². The highest BCUT2D eigenvalue weighted by Crippen LogP contribution is 2.03. The summed E-state index contributed by atoms with van der Waals surface area (Å²) >= 11 is 0. The molecule has 96 valence electrons. The summed E-state index contributed by atoms with van der Waals surface area (Å²) < 4.78 is 5.09. The van der Waals surface area contributed by atoms with Crippen LogP contribution in [-0.4, -0.2) is 17.4 Å². The number of nitrogens with zero attached hydrogens (tertiary/aromatic N) is 2.